The van der Waals surface area contributed by atoms with E-state index in [4.69, 9.17) is 4.52 Å². The van der Waals surface area contributed by atoms with E-state index in [-0.39, 0.29) is 0 Å². The van der Waals surface area contributed by atoms with Crippen LogP contribution in [0.25, 0.3) is 23.0 Å². The van der Waals surface area contributed by atoms with Gasteiger partial charge in [-0.05, 0) is 18.2 Å². The highest BCUT2D eigenvalue weighted by molar-refractivity contribution is 6.32. The van der Waals surface area contributed by atoms with E-state index in [2.05, 4.69) is 15.1 Å². The van der Waals surface area contributed by atoms with E-state index in [1.807, 2.05) is 32.1 Å². The van der Waals surface area contributed by atoms with E-state index < -0.39 is 5.82 Å². The zero-order valence-corrected chi connectivity index (χ0v) is 10.2. The van der Waals surface area contributed by atoms with Gasteiger partial charge in [0, 0.05) is 5.56 Å². The van der Waals surface area contributed by atoms with Gasteiger partial charge in [-0.25, -0.2) is 9.37 Å². The third-order valence-electron chi connectivity index (χ3n) is 2.65. The zero-order valence-electron chi connectivity index (χ0n) is 10.2. The second-order valence-electron chi connectivity index (χ2n) is 4.15. The van der Waals surface area contributed by atoms with Gasteiger partial charge in [-0.2, -0.15) is 4.98 Å². The Balaban J connectivity index is 1.97. The van der Waals surface area contributed by atoms with E-state index in [0.717, 1.165) is 17.2 Å². The minimum Gasteiger partial charge on any atom is -0.334 e. The predicted octanol–water partition coefficient (Wildman–Crippen LogP) is 1.20. The average molecular weight is 253 g/mol. The van der Waals surface area contributed by atoms with Gasteiger partial charge < -0.3 is 4.52 Å². The number of hydrogen-bond donors (Lipinski definition) is 0. The van der Waals surface area contributed by atoms with Crippen molar-refractivity contribution in [2.24, 2.45) is 0 Å². The molecule has 0 fully saturated rings. The van der Waals surface area contributed by atoms with Crippen LogP contribution in [0.4, 0.5) is 4.39 Å². The molecular formula is C13H9BFN3O. The van der Waals surface area contributed by atoms with Crippen molar-refractivity contribution >= 4 is 13.3 Å². The van der Waals surface area contributed by atoms with E-state index >= 15 is 0 Å². The number of aromatic nitrogens is 3. The third kappa shape index (κ3) is 2.38. The van der Waals surface area contributed by atoms with Gasteiger partial charge >= 0.3 is 0 Å². The Hall–Kier alpha value is -2.50. The molecule has 0 aliphatic rings. The average Bonchev–Trinajstić information content (AvgIpc) is 2.89. The summed E-state index contributed by atoms with van der Waals surface area (Å²) in [4.78, 5) is 8.17. The van der Waals surface area contributed by atoms with Crippen molar-refractivity contribution in [2.45, 2.75) is 0 Å². The summed E-state index contributed by atoms with van der Waals surface area (Å²) >= 11 is 0. The molecule has 0 radical (unpaired) electrons. The van der Waals surface area contributed by atoms with Crippen LogP contribution in [0.2, 0.25) is 0 Å². The lowest BCUT2D eigenvalue weighted by Crippen LogP contribution is -2.00. The van der Waals surface area contributed by atoms with Gasteiger partial charge in [0.2, 0.25) is 5.82 Å². The Morgan fingerprint density at radius 2 is 2.05 bits per heavy atom. The van der Waals surface area contributed by atoms with Gasteiger partial charge in [-0.3, -0.25) is 0 Å². The molecule has 92 valence electrons. The molecule has 0 saturated heterocycles. The molecule has 0 saturated carbocycles. The second-order valence-corrected chi connectivity index (χ2v) is 4.15. The monoisotopic (exact) mass is 253 g/mol. The molecule has 0 aliphatic heterocycles. The fraction of sp³-hybridized carbons (Fsp3) is 0. The molecule has 4 nitrogen and oxygen atoms in total. The maximum absolute atomic E-state index is 12.8. The van der Waals surface area contributed by atoms with Crippen LogP contribution < -0.4 is 5.46 Å². The number of pyridine rings is 1. The summed E-state index contributed by atoms with van der Waals surface area (Å²) in [7, 11) is 1.99. The van der Waals surface area contributed by atoms with Crippen LogP contribution in [0.3, 0.4) is 0 Å². The lowest BCUT2D eigenvalue weighted by atomic mass is 9.94. The normalized spacial score (nSPS) is 10.6. The number of hydrogen-bond acceptors (Lipinski definition) is 4. The maximum atomic E-state index is 12.8. The Morgan fingerprint density at radius 3 is 2.79 bits per heavy atom. The van der Waals surface area contributed by atoms with Crippen molar-refractivity contribution in [1.82, 2.24) is 15.1 Å². The SMILES string of the molecule is Bc1cccc(-c2nc(-c3ccc(F)cn3)no2)c1. The predicted molar refractivity (Wildman–Crippen MR) is 71.1 cm³/mol. The molecule has 0 spiro atoms. The van der Waals surface area contributed by atoms with Crippen LogP contribution in [0.1, 0.15) is 0 Å². The summed E-state index contributed by atoms with van der Waals surface area (Å²) in [5.74, 6) is 0.368. The van der Waals surface area contributed by atoms with Crippen molar-refractivity contribution in [3.05, 3.63) is 48.4 Å². The minimum absolute atomic E-state index is 0.344. The molecule has 0 unspecified atom stereocenters. The molecule has 19 heavy (non-hydrogen) atoms. The van der Waals surface area contributed by atoms with Crippen LogP contribution in [0.5, 0.6) is 0 Å². The van der Waals surface area contributed by atoms with Gasteiger partial charge in [0.1, 0.15) is 19.4 Å². The lowest BCUT2D eigenvalue weighted by molar-refractivity contribution is 0.432. The Kier molecular flexibility index (Phi) is 2.83. The van der Waals surface area contributed by atoms with Crippen LogP contribution in [0, 0.1) is 5.82 Å². The molecule has 0 atom stereocenters. The maximum Gasteiger partial charge on any atom is 0.258 e. The van der Waals surface area contributed by atoms with E-state index in [9.17, 15) is 4.39 Å². The number of nitrogens with zero attached hydrogens (tertiary/aromatic N) is 3. The van der Waals surface area contributed by atoms with Crippen LogP contribution in [-0.2, 0) is 0 Å². The van der Waals surface area contributed by atoms with Crippen molar-refractivity contribution in [1.29, 1.82) is 0 Å². The first-order valence-corrected chi connectivity index (χ1v) is 5.75. The van der Waals surface area contributed by atoms with Crippen LogP contribution >= 0.6 is 0 Å². The molecule has 2 heterocycles. The molecule has 6 heteroatoms. The van der Waals surface area contributed by atoms with Gasteiger partial charge in [-0.1, -0.05) is 28.8 Å². The fourth-order valence-electron chi connectivity index (χ4n) is 1.73. The lowest BCUT2D eigenvalue weighted by Gasteiger charge is -1.95. The summed E-state index contributed by atoms with van der Waals surface area (Å²) in [6.07, 6.45) is 1.12. The molecule has 1 aromatic carbocycles. The number of halogens is 1. The van der Waals surface area contributed by atoms with Crippen LogP contribution in [0.15, 0.2) is 47.1 Å². The van der Waals surface area contributed by atoms with Gasteiger partial charge in [0.05, 0.1) is 6.20 Å². The zero-order chi connectivity index (χ0) is 13.2. The van der Waals surface area contributed by atoms with E-state index in [1.165, 1.54) is 12.1 Å². The topological polar surface area (TPSA) is 51.8 Å². The standard InChI is InChI=1S/C13H9BFN3O/c14-9-3-1-2-8(6-9)13-17-12(18-19-13)11-5-4-10(15)7-16-11/h1-7H,14H2. The number of benzene rings is 1. The Morgan fingerprint density at radius 1 is 1.16 bits per heavy atom. The molecule has 0 aliphatic carbocycles. The highest BCUT2D eigenvalue weighted by atomic mass is 19.1. The molecule has 2 aromatic heterocycles. The summed E-state index contributed by atoms with van der Waals surface area (Å²) in [5, 5.41) is 3.85. The first kappa shape index (κ1) is 11.6. The first-order chi connectivity index (χ1) is 9.22. The third-order valence-corrected chi connectivity index (χ3v) is 2.65. The second kappa shape index (κ2) is 4.64. The van der Waals surface area contributed by atoms with Crippen molar-refractivity contribution in [3.8, 4) is 23.0 Å². The molecule has 3 rings (SSSR count). The molecule has 0 amide bonds. The smallest absolute Gasteiger partial charge is 0.258 e. The summed E-state index contributed by atoms with van der Waals surface area (Å²) in [6.45, 7) is 0. The first-order valence-electron chi connectivity index (χ1n) is 5.75. The largest absolute Gasteiger partial charge is 0.334 e. The van der Waals surface area contributed by atoms with Gasteiger partial charge in [-0.15, -0.1) is 0 Å². The summed E-state index contributed by atoms with van der Waals surface area (Å²) < 4.78 is 18.0. The molecule has 0 bridgehead atoms. The highest BCUT2D eigenvalue weighted by Crippen LogP contribution is 2.20. The van der Waals surface area contributed by atoms with Gasteiger partial charge in [0.25, 0.3) is 5.89 Å². The van der Waals surface area contributed by atoms with Gasteiger partial charge in [0.15, 0.2) is 0 Å². The number of rotatable bonds is 2. The fourth-order valence-corrected chi connectivity index (χ4v) is 1.73. The van der Waals surface area contributed by atoms with Crippen molar-refractivity contribution in [2.75, 3.05) is 0 Å². The Bertz CT molecular complexity index is 712. The molecular weight excluding hydrogens is 244 g/mol. The minimum atomic E-state index is -0.397. The van der Waals surface area contributed by atoms with E-state index in [0.29, 0.717) is 17.4 Å². The summed E-state index contributed by atoms with van der Waals surface area (Å²) in [6, 6.07) is 10.6. The summed E-state index contributed by atoms with van der Waals surface area (Å²) in [5.41, 5.74) is 2.43. The quantitative estimate of drug-likeness (QED) is 0.644. The highest BCUT2D eigenvalue weighted by Gasteiger charge is 2.11. The van der Waals surface area contributed by atoms with E-state index in [1.54, 1.807) is 0 Å². The van der Waals surface area contributed by atoms with Crippen molar-refractivity contribution < 1.29 is 8.91 Å². The molecule has 3 aromatic rings. The Labute approximate surface area is 109 Å². The molecule has 0 N–H and O–H groups in total. The van der Waals surface area contributed by atoms with Crippen molar-refractivity contribution in [3.63, 3.8) is 0 Å². The van der Waals surface area contributed by atoms with Crippen LogP contribution in [-0.4, -0.2) is 23.0 Å².